The molecule has 4 rings (SSSR count). The van der Waals surface area contributed by atoms with Crippen molar-refractivity contribution in [2.45, 2.75) is 25.3 Å². The molecule has 0 bridgehead atoms. The highest BCUT2D eigenvalue weighted by molar-refractivity contribution is 7.10. The number of anilines is 1. The Morgan fingerprint density at radius 1 is 1.10 bits per heavy atom. The van der Waals surface area contributed by atoms with E-state index in [1.807, 2.05) is 60.0 Å². The monoisotopic (exact) mass is 434 g/mol. The Kier molecular flexibility index (Phi) is 6.49. The normalized spacial score (nSPS) is 18.0. The molecular formula is C25H26N2O3S. The zero-order chi connectivity index (χ0) is 21.8. The summed E-state index contributed by atoms with van der Waals surface area (Å²) in [5, 5.41) is 5.06. The van der Waals surface area contributed by atoms with Gasteiger partial charge in [0.2, 0.25) is 5.91 Å². The minimum atomic E-state index is -0.518. The number of carbonyl (C=O) groups is 2. The number of methoxy groups -OCH3 is 1. The molecule has 1 aromatic heterocycles. The van der Waals surface area contributed by atoms with Gasteiger partial charge in [-0.1, -0.05) is 43.3 Å². The number of ether oxygens (including phenoxy) is 1. The summed E-state index contributed by atoms with van der Waals surface area (Å²) in [6.07, 6.45) is 0.946. The number of nitrogens with zero attached hydrogens (tertiary/aromatic N) is 1. The second kappa shape index (κ2) is 9.45. The Balaban J connectivity index is 1.76. The largest absolute Gasteiger partial charge is 0.383 e. The fourth-order valence-corrected chi connectivity index (χ4v) is 5.00. The lowest BCUT2D eigenvalue weighted by molar-refractivity contribution is -0.119. The number of fused-ring (bicyclic) bond motifs is 1. The van der Waals surface area contributed by atoms with Crippen LogP contribution in [0.25, 0.3) is 0 Å². The number of rotatable bonds is 7. The molecule has 2 heterocycles. The molecule has 0 saturated heterocycles. The molecule has 0 aliphatic carbocycles. The van der Waals surface area contributed by atoms with Gasteiger partial charge in [0.25, 0.3) is 5.91 Å². The lowest BCUT2D eigenvalue weighted by atomic mass is 9.81. The van der Waals surface area contributed by atoms with Crippen LogP contribution < -0.4 is 5.32 Å². The van der Waals surface area contributed by atoms with Gasteiger partial charge in [0.05, 0.1) is 18.6 Å². The van der Waals surface area contributed by atoms with Gasteiger partial charge in [0, 0.05) is 29.8 Å². The Morgan fingerprint density at radius 3 is 2.55 bits per heavy atom. The quantitative estimate of drug-likeness (QED) is 0.577. The second-order valence-corrected chi connectivity index (χ2v) is 8.54. The van der Waals surface area contributed by atoms with Gasteiger partial charge in [-0.15, -0.1) is 11.3 Å². The van der Waals surface area contributed by atoms with Crippen LogP contribution >= 0.6 is 11.3 Å². The minimum absolute atomic E-state index is 0.0672. The Labute approximate surface area is 186 Å². The topological polar surface area (TPSA) is 58.6 Å². The molecule has 160 valence electrons. The van der Waals surface area contributed by atoms with Gasteiger partial charge in [-0.25, -0.2) is 0 Å². The van der Waals surface area contributed by atoms with Crippen LogP contribution in [-0.2, 0) is 16.0 Å². The van der Waals surface area contributed by atoms with Crippen molar-refractivity contribution < 1.29 is 14.3 Å². The van der Waals surface area contributed by atoms with Crippen LogP contribution in [0.15, 0.2) is 66.0 Å². The standard InChI is InChI=1S/C25H26N2O3S/c1-3-17-10-12-18(13-11-17)26-24(28)22-19-7-4-5-8-20(19)25(29)27(14-15-30-2)23(22)21-9-6-16-31-21/h4-13,16,22-23H,3,14-15H2,1-2H3,(H,26,28). The van der Waals surface area contributed by atoms with E-state index >= 15 is 0 Å². The number of aryl methyl sites for hydroxylation is 1. The third-order valence-electron chi connectivity index (χ3n) is 5.72. The minimum Gasteiger partial charge on any atom is -0.383 e. The number of benzene rings is 2. The van der Waals surface area contributed by atoms with Crippen LogP contribution in [0.1, 0.15) is 45.2 Å². The van der Waals surface area contributed by atoms with Crippen molar-refractivity contribution in [1.82, 2.24) is 4.90 Å². The molecule has 3 aromatic rings. The molecule has 0 saturated carbocycles. The maximum Gasteiger partial charge on any atom is 0.254 e. The van der Waals surface area contributed by atoms with Crippen molar-refractivity contribution >= 4 is 28.8 Å². The molecule has 2 aromatic carbocycles. The highest BCUT2D eigenvalue weighted by Crippen LogP contribution is 2.44. The number of carbonyl (C=O) groups excluding carboxylic acids is 2. The highest BCUT2D eigenvalue weighted by atomic mass is 32.1. The van der Waals surface area contributed by atoms with Gasteiger partial charge in [0.1, 0.15) is 0 Å². The summed E-state index contributed by atoms with van der Waals surface area (Å²) in [7, 11) is 1.62. The zero-order valence-corrected chi connectivity index (χ0v) is 18.5. The van der Waals surface area contributed by atoms with Gasteiger partial charge in [-0.05, 0) is 47.2 Å². The summed E-state index contributed by atoms with van der Waals surface area (Å²) in [6, 6.07) is 18.9. The van der Waals surface area contributed by atoms with Crippen molar-refractivity contribution in [1.29, 1.82) is 0 Å². The predicted octanol–water partition coefficient (Wildman–Crippen LogP) is 4.88. The van der Waals surface area contributed by atoms with Crippen molar-refractivity contribution in [2.75, 3.05) is 25.6 Å². The lowest BCUT2D eigenvalue weighted by Crippen LogP contribution is -2.47. The van der Waals surface area contributed by atoms with E-state index < -0.39 is 5.92 Å². The molecule has 0 radical (unpaired) electrons. The molecule has 0 spiro atoms. The van der Waals surface area contributed by atoms with Gasteiger partial charge in [-0.2, -0.15) is 0 Å². The van der Waals surface area contributed by atoms with Crippen molar-refractivity contribution in [3.63, 3.8) is 0 Å². The van der Waals surface area contributed by atoms with Crippen molar-refractivity contribution in [3.05, 3.63) is 87.6 Å². The van der Waals surface area contributed by atoms with Crippen molar-refractivity contribution in [3.8, 4) is 0 Å². The summed E-state index contributed by atoms with van der Waals surface area (Å²) in [5.41, 5.74) is 3.31. The molecule has 6 heteroatoms. The average Bonchev–Trinajstić information content (AvgIpc) is 3.33. The first-order valence-electron chi connectivity index (χ1n) is 10.5. The Bertz CT molecular complexity index is 1050. The molecule has 2 unspecified atom stereocenters. The SMILES string of the molecule is CCc1ccc(NC(=O)C2c3ccccc3C(=O)N(CCOC)C2c2cccs2)cc1. The van der Waals surface area contributed by atoms with E-state index in [0.717, 1.165) is 22.5 Å². The van der Waals surface area contributed by atoms with E-state index in [4.69, 9.17) is 4.74 Å². The third kappa shape index (κ3) is 4.27. The Morgan fingerprint density at radius 2 is 1.87 bits per heavy atom. The van der Waals surface area contributed by atoms with Crippen LogP contribution in [0.2, 0.25) is 0 Å². The predicted molar refractivity (Wildman–Crippen MR) is 124 cm³/mol. The van der Waals surface area contributed by atoms with Gasteiger partial charge in [0.15, 0.2) is 0 Å². The lowest BCUT2D eigenvalue weighted by Gasteiger charge is -2.41. The van der Waals surface area contributed by atoms with E-state index in [2.05, 4.69) is 12.2 Å². The van der Waals surface area contributed by atoms with E-state index in [1.165, 1.54) is 5.56 Å². The molecule has 1 aliphatic heterocycles. The molecule has 5 nitrogen and oxygen atoms in total. The maximum atomic E-state index is 13.6. The average molecular weight is 435 g/mol. The number of nitrogens with one attached hydrogen (secondary N) is 1. The van der Waals surface area contributed by atoms with Crippen molar-refractivity contribution in [2.24, 2.45) is 0 Å². The molecule has 0 fully saturated rings. The van der Waals surface area contributed by atoms with Crippen LogP contribution in [0.3, 0.4) is 0 Å². The van der Waals surface area contributed by atoms with Crippen LogP contribution in [0.5, 0.6) is 0 Å². The van der Waals surface area contributed by atoms with E-state index in [9.17, 15) is 9.59 Å². The smallest absolute Gasteiger partial charge is 0.254 e. The van der Waals surface area contributed by atoms with Crippen LogP contribution in [0, 0.1) is 0 Å². The van der Waals surface area contributed by atoms with Crippen LogP contribution in [-0.4, -0.2) is 37.0 Å². The highest BCUT2D eigenvalue weighted by Gasteiger charge is 2.44. The number of amides is 2. The molecular weight excluding hydrogens is 408 g/mol. The fourth-order valence-electron chi connectivity index (χ4n) is 4.13. The summed E-state index contributed by atoms with van der Waals surface area (Å²) >= 11 is 1.56. The molecule has 31 heavy (non-hydrogen) atoms. The first-order chi connectivity index (χ1) is 15.1. The van der Waals surface area contributed by atoms with Gasteiger partial charge < -0.3 is 15.0 Å². The van der Waals surface area contributed by atoms with Gasteiger partial charge >= 0.3 is 0 Å². The number of thiophene rings is 1. The summed E-state index contributed by atoms with van der Waals surface area (Å²) < 4.78 is 5.27. The maximum absolute atomic E-state index is 13.6. The summed E-state index contributed by atoms with van der Waals surface area (Å²) in [6.45, 7) is 2.92. The number of hydrogen-bond acceptors (Lipinski definition) is 4. The zero-order valence-electron chi connectivity index (χ0n) is 17.7. The fraction of sp³-hybridized carbons (Fsp3) is 0.280. The molecule has 2 amide bonds. The van der Waals surface area contributed by atoms with E-state index in [-0.39, 0.29) is 17.9 Å². The van der Waals surface area contributed by atoms with E-state index in [0.29, 0.717) is 18.7 Å². The first-order valence-corrected chi connectivity index (χ1v) is 11.3. The van der Waals surface area contributed by atoms with Gasteiger partial charge in [-0.3, -0.25) is 9.59 Å². The molecule has 1 aliphatic rings. The van der Waals surface area contributed by atoms with Crippen LogP contribution in [0.4, 0.5) is 5.69 Å². The van der Waals surface area contributed by atoms with E-state index in [1.54, 1.807) is 29.4 Å². The summed E-state index contributed by atoms with van der Waals surface area (Å²) in [5.74, 6) is -0.706. The Hall–Kier alpha value is -2.96. The first kappa shape index (κ1) is 21.3. The number of hydrogen-bond donors (Lipinski definition) is 1. The molecule has 2 atom stereocenters. The summed E-state index contributed by atoms with van der Waals surface area (Å²) in [4.78, 5) is 29.8. The second-order valence-electron chi connectivity index (χ2n) is 7.56. The third-order valence-corrected chi connectivity index (χ3v) is 6.66. The molecule has 1 N–H and O–H groups in total.